The molecule has 0 unspecified atom stereocenters. The molecule has 0 aliphatic carbocycles. The molecular formula is C24H27N3. The highest BCUT2D eigenvalue weighted by molar-refractivity contribution is 5.55. The summed E-state index contributed by atoms with van der Waals surface area (Å²) in [5.41, 5.74) is 2.96. The Morgan fingerprint density at radius 1 is 0.889 bits per heavy atom. The second kappa shape index (κ2) is 7.40. The van der Waals surface area contributed by atoms with Gasteiger partial charge >= 0.3 is 0 Å². The van der Waals surface area contributed by atoms with Crippen LogP contribution < -0.4 is 0 Å². The second-order valence-electron chi connectivity index (χ2n) is 8.72. The number of imidazole rings is 1. The first-order valence-corrected chi connectivity index (χ1v) is 9.32. The van der Waals surface area contributed by atoms with Crippen molar-refractivity contribution in [3.63, 3.8) is 0 Å². The lowest BCUT2D eigenvalue weighted by Gasteiger charge is -2.35. The van der Waals surface area contributed by atoms with Crippen LogP contribution in [-0.4, -0.2) is 14.5 Å². The summed E-state index contributed by atoms with van der Waals surface area (Å²) >= 11 is 0. The van der Waals surface area contributed by atoms with Gasteiger partial charge in [-0.3, -0.25) is 0 Å². The summed E-state index contributed by atoms with van der Waals surface area (Å²) in [6, 6.07) is 14.0. The highest BCUT2D eigenvalue weighted by Crippen LogP contribution is 2.34. The molecule has 3 rings (SSSR count). The van der Waals surface area contributed by atoms with E-state index >= 15 is 0 Å². The molecule has 2 aromatic heterocycles. The minimum Gasteiger partial charge on any atom is -0.325 e. The third kappa shape index (κ3) is 4.86. The van der Waals surface area contributed by atoms with Gasteiger partial charge in [-0.1, -0.05) is 44.9 Å². The van der Waals surface area contributed by atoms with Gasteiger partial charge in [0.2, 0.25) is 0 Å². The van der Waals surface area contributed by atoms with Crippen molar-refractivity contribution < 1.29 is 0 Å². The Morgan fingerprint density at radius 2 is 1.63 bits per heavy atom. The smallest absolute Gasteiger partial charge is 0.141 e. The highest BCUT2D eigenvalue weighted by atomic mass is 15.1. The summed E-state index contributed by atoms with van der Waals surface area (Å²) in [7, 11) is 0. The average molecular weight is 358 g/mol. The molecule has 0 bridgehead atoms. The minimum atomic E-state index is -0.0319. The molecule has 0 N–H and O–H groups in total. The quantitative estimate of drug-likeness (QED) is 0.578. The Bertz CT molecular complexity index is 947. The zero-order valence-electron chi connectivity index (χ0n) is 16.8. The molecule has 0 atom stereocenters. The van der Waals surface area contributed by atoms with Gasteiger partial charge < -0.3 is 4.57 Å². The van der Waals surface area contributed by atoms with Crippen LogP contribution in [0.2, 0.25) is 0 Å². The molecule has 3 heteroatoms. The van der Waals surface area contributed by atoms with E-state index < -0.39 is 0 Å². The van der Waals surface area contributed by atoms with Crippen LogP contribution in [0, 0.1) is 17.3 Å². The molecule has 0 aliphatic rings. The molecule has 3 aromatic rings. The van der Waals surface area contributed by atoms with Gasteiger partial charge in [-0.15, -0.1) is 0 Å². The maximum Gasteiger partial charge on any atom is 0.141 e. The minimum absolute atomic E-state index is 0.0319. The maximum absolute atomic E-state index is 4.59. The van der Waals surface area contributed by atoms with E-state index in [1.165, 1.54) is 0 Å². The Labute approximate surface area is 162 Å². The van der Waals surface area contributed by atoms with Gasteiger partial charge in [0.05, 0.1) is 0 Å². The molecule has 3 nitrogen and oxygen atoms in total. The van der Waals surface area contributed by atoms with Crippen LogP contribution in [0.1, 0.15) is 52.3 Å². The van der Waals surface area contributed by atoms with Crippen molar-refractivity contribution in [3.05, 3.63) is 72.3 Å². The van der Waals surface area contributed by atoms with Gasteiger partial charge in [0.1, 0.15) is 11.5 Å². The number of pyridine rings is 1. The van der Waals surface area contributed by atoms with E-state index in [4.69, 9.17) is 0 Å². The van der Waals surface area contributed by atoms with Crippen LogP contribution in [0.15, 0.2) is 61.1 Å². The number of rotatable bonds is 3. The summed E-state index contributed by atoms with van der Waals surface area (Å²) in [6.07, 6.45) is 6.84. The number of hydrogen-bond acceptors (Lipinski definition) is 2. The molecule has 27 heavy (non-hydrogen) atoms. The largest absolute Gasteiger partial charge is 0.325 e. The lowest BCUT2D eigenvalue weighted by Crippen LogP contribution is -2.31. The summed E-state index contributed by atoms with van der Waals surface area (Å²) in [6.45, 7) is 11.3. The van der Waals surface area contributed by atoms with Crippen molar-refractivity contribution in [1.82, 2.24) is 14.5 Å². The molecule has 138 valence electrons. The van der Waals surface area contributed by atoms with Gasteiger partial charge in [0.25, 0.3) is 0 Å². The van der Waals surface area contributed by atoms with Gasteiger partial charge in [0, 0.05) is 35.3 Å². The van der Waals surface area contributed by atoms with Gasteiger partial charge in [0.15, 0.2) is 0 Å². The molecule has 1 aromatic carbocycles. The average Bonchev–Trinajstić information content (AvgIpc) is 3.10. The fraction of sp³-hybridized carbons (Fsp3) is 0.333. The van der Waals surface area contributed by atoms with Gasteiger partial charge in [-0.25, -0.2) is 9.97 Å². The first-order valence-electron chi connectivity index (χ1n) is 9.32. The highest BCUT2D eigenvalue weighted by Gasteiger charge is 2.29. The third-order valence-corrected chi connectivity index (χ3v) is 4.39. The predicted octanol–water partition coefficient (Wildman–Crippen LogP) is 5.52. The Morgan fingerprint density at radius 3 is 2.26 bits per heavy atom. The van der Waals surface area contributed by atoms with Crippen LogP contribution in [-0.2, 0) is 5.54 Å². The summed E-state index contributed by atoms with van der Waals surface area (Å²) in [4.78, 5) is 9.11. The summed E-state index contributed by atoms with van der Waals surface area (Å²) < 4.78 is 2.25. The van der Waals surface area contributed by atoms with Crippen LogP contribution in [0.25, 0.3) is 11.4 Å². The monoisotopic (exact) mass is 357 g/mol. The number of aromatic nitrogens is 3. The fourth-order valence-electron chi connectivity index (χ4n) is 3.65. The van der Waals surface area contributed by atoms with E-state index in [-0.39, 0.29) is 11.0 Å². The number of nitrogens with zero attached hydrogens (tertiary/aromatic N) is 3. The molecule has 0 fully saturated rings. The van der Waals surface area contributed by atoms with E-state index in [0.717, 1.165) is 29.1 Å². The van der Waals surface area contributed by atoms with Crippen molar-refractivity contribution in [2.24, 2.45) is 5.41 Å². The van der Waals surface area contributed by atoms with E-state index in [2.05, 4.69) is 67.2 Å². The Hall–Kier alpha value is -2.86. The predicted molar refractivity (Wildman–Crippen MR) is 111 cm³/mol. The molecule has 0 aliphatic heterocycles. The summed E-state index contributed by atoms with van der Waals surface area (Å²) in [5.74, 6) is 7.21. The first-order chi connectivity index (χ1) is 12.7. The van der Waals surface area contributed by atoms with E-state index in [9.17, 15) is 0 Å². The Kier molecular flexibility index (Phi) is 5.19. The van der Waals surface area contributed by atoms with Crippen molar-refractivity contribution in [1.29, 1.82) is 0 Å². The lowest BCUT2D eigenvalue weighted by atomic mass is 9.81. The zero-order chi connectivity index (χ0) is 19.5. The van der Waals surface area contributed by atoms with Crippen molar-refractivity contribution in [2.75, 3.05) is 0 Å². The topological polar surface area (TPSA) is 30.7 Å². The third-order valence-electron chi connectivity index (χ3n) is 4.39. The number of hydrogen-bond donors (Lipinski definition) is 0. The van der Waals surface area contributed by atoms with Crippen LogP contribution in [0.3, 0.4) is 0 Å². The van der Waals surface area contributed by atoms with Crippen molar-refractivity contribution in [2.45, 2.75) is 46.6 Å². The molecule has 0 saturated carbocycles. The molecule has 0 radical (unpaired) electrons. The lowest BCUT2D eigenvalue weighted by molar-refractivity contribution is 0.216. The first kappa shape index (κ1) is 18.9. The zero-order valence-corrected chi connectivity index (χ0v) is 16.8. The Balaban J connectivity index is 1.85. The molecule has 2 heterocycles. The van der Waals surface area contributed by atoms with E-state index in [0.29, 0.717) is 0 Å². The SMILES string of the molecule is CC(C)(C)CC(C)(C)n1ccnc1-c1ccc(C#Cc2ccccc2)nc1. The fourth-order valence-corrected chi connectivity index (χ4v) is 3.65. The molecule has 0 spiro atoms. The van der Waals surface area contributed by atoms with Crippen LogP contribution >= 0.6 is 0 Å². The molecular weight excluding hydrogens is 330 g/mol. The van der Waals surface area contributed by atoms with Gasteiger partial charge in [-0.2, -0.15) is 0 Å². The second-order valence-corrected chi connectivity index (χ2v) is 8.72. The standard InChI is InChI=1S/C24H27N3/c1-23(2,3)18-24(4,5)27-16-15-25-22(27)20-12-14-21(26-17-20)13-11-19-9-7-6-8-10-19/h6-10,12,14-17H,18H2,1-5H3. The van der Waals surface area contributed by atoms with Crippen LogP contribution in [0.5, 0.6) is 0 Å². The van der Waals surface area contributed by atoms with Gasteiger partial charge in [-0.05, 0) is 55.9 Å². The van der Waals surface area contributed by atoms with Crippen LogP contribution in [0.4, 0.5) is 0 Å². The van der Waals surface area contributed by atoms with Crippen molar-refractivity contribution in [3.8, 4) is 23.2 Å². The van der Waals surface area contributed by atoms with E-state index in [1.54, 1.807) is 0 Å². The molecule has 0 saturated heterocycles. The summed E-state index contributed by atoms with van der Waals surface area (Å²) in [5, 5.41) is 0. The maximum atomic E-state index is 4.59. The molecule has 0 amide bonds. The van der Waals surface area contributed by atoms with Crippen molar-refractivity contribution >= 4 is 0 Å². The normalized spacial score (nSPS) is 11.7. The number of benzene rings is 1. The van der Waals surface area contributed by atoms with E-state index in [1.807, 2.05) is 54.9 Å².